The summed E-state index contributed by atoms with van der Waals surface area (Å²) in [4.78, 5) is 10.0. The van der Waals surface area contributed by atoms with Gasteiger partial charge in [-0.1, -0.05) is 0 Å². The number of hydrogen-bond donors (Lipinski definition) is 3. The SMILES string of the molecule is CN=C(NCCCc1cc2c(OC)cc(OC)cc2[nH]1)NCC(c1cnn(C)c1)N(C)C. The van der Waals surface area contributed by atoms with E-state index in [1.54, 1.807) is 21.3 Å². The van der Waals surface area contributed by atoms with Gasteiger partial charge in [0.2, 0.25) is 0 Å². The molecule has 9 nitrogen and oxygen atoms in total. The van der Waals surface area contributed by atoms with Crippen LogP contribution in [0.4, 0.5) is 0 Å². The highest BCUT2D eigenvalue weighted by Gasteiger charge is 2.16. The molecule has 0 bridgehead atoms. The van der Waals surface area contributed by atoms with Crippen LogP contribution in [0.3, 0.4) is 0 Å². The zero-order chi connectivity index (χ0) is 23.1. The molecule has 0 fully saturated rings. The second-order valence-electron chi connectivity index (χ2n) is 8.00. The van der Waals surface area contributed by atoms with Crippen LogP contribution >= 0.6 is 0 Å². The molecule has 0 radical (unpaired) electrons. The van der Waals surface area contributed by atoms with Crippen LogP contribution in [0.2, 0.25) is 0 Å². The van der Waals surface area contributed by atoms with Gasteiger partial charge >= 0.3 is 0 Å². The first-order valence-corrected chi connectivity index (χ1v) is 10.8. The number of benzene rings is 1. The van der Waals surface area contributed by atoms with Gasteiger partial charge in [-0.15, -0.1) is 0 Å². The summed E-state index contributed by atoms with van der Waals surface area (Å²) in [5.41, 5.74) is 3.36. The van der Waals surface area contributed by atoms with Gasteiger partial charge in [0.1, 0.15) is 11.5 Å². The van der Waals surface area contributed by atoms with Gasteiger partial charge in [0.25, 0.3) is 0 Å². The van der Waals surface area contributed by atoms with E-state index in [0.717, 1.165) is 54.3 Å². The number of ether oxygens (including phenoxy) is 2. The van der Waals surface area contributed by atoms with Gasteiger partial charge in [-0.3, -0.25) is 9.67 Å². The van der Waals surface area contributed by atoms with Crippen molar-refractivity contribution in [2.24, 2.45) is 12.0 Å². The largest absolute Gasteiger partial charge is 0.497 e. The molecule has 3 rings (SSSR count). The number of nitrogens with one attached hydrogen (secondary N) is 3. The van der Waals surface area contributed by atoms with Crippen molar-refractivity contribution in [3.05, 3.63) is 41.9 Å². The van der Waals surface area contributed by atoms with E-state index >= 15 is 0 Å². The van der Waals surface area contributed by atoms with E-state index in [-0.39, 0.29) is 6.04 Å². The van der Waals surface area contributed by atoms with Crippen molar-refractivity contribution in [3.8, 4) is 11.5 Å². The van der Waals surface area contributed by atoms with E-state index in [4.69, 9.17) is 9.47 Å². The van der Waals surface area contributed by atoms with E-state index in [9.17, 15) is 0 Å². The Balaban J connectivity index is 1.51. The molecule has 3 N–H and O–H groups in total. The average molecular weight is 442 g/mol. The summed E-state index contributed by atoms with van der Waals surface area (Å²) in [6.45, 7) is 1.55. The van der Waals surface area contributed by atoms with Crippen molar-refractivity contribution in [1.29, 1.82) is 0 Å². The topological polar surface area (TPSA) is 91.7 Å². The lowest BCUT2D eigenvalue weighted by molar-refractivity contribution is 0.298. The molecule has 2 heterocycles. The Hall–Kier alpha value is -3.20. The fraction of sp³-hybridized carbons (Fsp3) is 0.478. The molecular formula is C23H35N7O2. The van der Waals surface area contributed by atoms with E-state index in [1.165, 1.54) is 11.3 Å². The molecule has 3 aromatic rings. The maximum absolute atomic E-state index is 5.51. The molecule has 174 valence electrons. The summed E-state index contributed by atoms with van der Waals surface area (Å²) in [7, 11) is 11.2. The summed E-state index contributed by atoms with van der Waals surface area (Å²) in [5.74, 6) is 2.39. The number of fused-ring (bicyclic) bond motifs is 1. The molecule has 2 aromatic heterocycles. The van der Waals surface area contributed by atoms with E-state index in [0.29, 0.717) is 0 Å². The molecule has 0 aliphatic heterocycles. The molecule has 0 saturated carbocycles. The van der Waals surface area contributed by atoms with Gasteiger partial charge in [-0.05, 0) is 33.0 Å². The van der Waals surface area contributed by atoms with E-state index in [2.05, 4.69) is 50.8 Å². The van der Waals surface area contributed by atoms with Crippen molar-refractivity contribution in [3.63, 3.8) is 0 Å². The third kappa shape index (κ3) is 5.73. The van der Waals surface area contributed by atoms with Crippen LogP contribution in [-0.4, -0.2) is 74.1 Å². The summed E-state index contributed by atoms with van der Waals surface area (Å²) < 4.78 is 12.7. The third-order valence-electron chi connectivity index (χ3n) is 5.52. The standard InChI is InChI=1S/C23H35N7O2/c1-24-23(26-14-21(29(2)3)16-13-27-30(4)15-16)25-9-7-8-17-10-19-20(28-17)11-18(31-5)12-22(19)32-6/h10-13,15,21,28H,7-9,14H2,1-6H3,(H2,24,25,26). The highest BCUT2D eigenvalue weighted by molar-refractivity contribution is 5.88. The number of aryl methyl sites for hydroxylation is 2. The van der Waals surface area contributed by atoms with Gasteiger partial charge < -0.3 is 30.0 Å². The highest BCUT2D eigenvalue weighted by atomic mass is 16.5. The summed E-state index contributed by atoms with van der Waals surface area (Å²) in [6, 6.07) is 6.26. The molecule has 0 aliphatic carbocycles. The fourth-order valence-electron chi connectivity index (χ4n) is 3.77. The van der Waals surface area contributed by atoms with Crippen molar-refractivity contribution < 1.29 is 9.47 Å². The Morgan fingerprint density at radius 2 is 2.03 bits per heavy atom. The summed E-state index contributed by atoms with van der Waals surface area (Å²) in [5, 5.41) is 12.2. The number of rotatable bonds is 10. The predicted octanol–water partition coefficient (Wildman–Crippen LogP) is 2.32. The van der Waals surface area contributed by atoms with Crippen LogP contribution in [0.5, 0.6) is 11.5 Å². The third-order valence-corrected chi connectivity index (χ3v) is 5.52. The Kier molecular flexibility index (Phi) is 7.99. The number of likely N-dealkylation sites (N-methyl/N-ethyl adjacent to an activating group) is 1. The molecule has 0 aliphatic rings. The number of methoxy groups -OCH3 is 2. The van der Waals surface area contributed by atoms with Gasteiger partial charge in [-0.2, -0.15) is 5.10 Å². The van der Waals surface area contributed by atoms with Crippen LogP contribution in [0.15, 0.2) is 35.6 Å². The Morgan fingerprint density at radius 3 is 2.66 bits per heavy atom. The first kappa shape index (κ1) is 23.5. The minimum absolute atomic E-state index is 0.209. The Labute approximate surface area is 189 Å². The van der Waals surface area contributed by atoms with Gasteiger partial charge in [0, 0.05) is 62.2 Å². The van der Waals surface area contributed by atoms with Gasteiger partial charge in [0.05, 0.1) is 32.0 Å². The number of aliphatic imine (C=N–C) groups is 1. The summed E-state index contributed by atoms with van der Waals surface area (Å²) >= 11 is 0. The number of aromatic amines is 1. The molecular weight excluding hydrogens is 406 g/mol. The molecule has 0 amide bonds. The first-order chi connectivity index (χ1) is 15.4. The second-order valence-corrected chi connectivity index (χ2v) is 8.00. The van der Waals surface area contributed by atoms with E-state index < -0.39 is 0 Å². The van der Waals surface area contributed by atoms with Crippen molar-refractivity contribution in [2.75, 3.05) is 48.5 Å². The lowest BCUT2D eigenvalue weighted by Crippen LogP contribution is -2.42. The maximum atomic E-state index is 5.51. The molecule has 0 saturated heterocycles. The number of guanidine groups is 1. The minimum Gasteiger partial charge on any atom is -0.497 e. The smallest absolute Gasteiger partial charge is 0.191 e. The average Bonchev–Trinajstić information content (AvgIpc) is 3.39. The van der Waals surface area contributed by atoms with Gasteiger partial charge in [0.15, 0.2) is 5.96 Å². The van der Waals surface area contributed by atoms with Crippen LogP contribution in [0.1, 0.15) is 23.7 Å². The zero-order valence-corrected chi connectivity index (χ0v) is 19.9. The number of nitrogens with zero attached hydrogens (tertiary/aromatic N) is 4. The molecule has 9 heteroatoms. The number of H-pyrrole nitrogens is 1. The lowest BCUT2D eigenvalue weighted by Gasteiger charge is -2.24. The molecule has 1 atom stereocenters. The first-order valence-electron chi connectivity index (χ1n) is 10.8. The fourth-order valence-corrected chi connectivity index (χ4v) is 3.77. The van der Waals surface area contributed by atoms with Gasteiger partial charge in [-0.25, -0.2) is 0 Å². The predicted molar refractivity (Wildman–Crippen MR) is 129 cm³/mol. The molecule has 1 aromatic carbocycles. The molecule has 0 spiro atoms. The zero-order valence-electron chi connectivity index (χ0n) is 19.9. The maximum Gasteiger partial charge on any atom is 0.191 e. The van der Waals surface area contributed by atoms with Crippen LogP contribution in [-0.2, 0) is 13.5 Å². The van der Waals surface area contributed by atoms with E-state index in [1.807, 2.05) is 36.3 Å². The van der Waals surface area contributed by atoms with Crippen LogP contribution in [0, 0.1) is 0 Å². The Morgan fingerprint density at radius 1 is 1.22 bits per heavy atom. The van der Waals surface area contributed by atoms with Crippen molar-refractivity contribution >= 4 is 16.9 Å². The second kappa shape index (κ2) is 10.9. The minimum atomic E-state index is 0.209. The molecule has 1 unspecified atom stereocenters. The quantitative estimate of drug-likeness (QED) is 0.254. The lowest BCUT2D eigenvalue weighted by atomic mass is 10.1. The van der Waals surface area contributed by atoms with Crippen LogP contribution < -0.4 is 20.1 Å². The van der Waals surface area contributed by atoms with Crippen molar-refractivity contribution in [1.82, 2.24) is 30.3 Å². The molecule has 32 heavy (non-hydrogen) atoms. The number of aromatic nitrogens is 3. The Bertz CT molecular complexity index is 1040. The summed E-state index contributed by atoms with van der Waals surface area (Å²) in [6.07, 6.45) is 5.84. The van der Waals surface area contributed by atoms with Crippen LogP contribution in [0.25, 0.3) is 10.9 Å². The highest BCUT2D eigenvalue weighted by Crippen LogP contribution is 2.31. The normalized spacial score (nSPS) is 12.9. The monoisotopic (exact) mass is 441 g/mol. The van der Waals surface area contributed by atoms with Crippen molar-refractivity contribution in [2.45, 2.75) is 18.9 Å². The number of hydrogen-bond acceptors (Lipinski definition) is 5.